The number of rotatable bonds is 6. The van der Waals surface area contributed by atoms with Crippen LogP contribution in [-0.4, -0.2) is 9.97 Å². The molecule has 0 amide bonds. The Labute approximate surface area is 335 Å². The summed E-state index contributed by atoms with van der Waals surface area (Å²) in [6.45, 7) is 0. The predicted octanol–water partition coefficient (Wildman–Crippen LogP) is 15.2. The van der Waals surface area contributed by atoms with Crippen molar-refractivity contribution in [2.75, 3.05) is 0 Å². The summed E-state index contributed by atoms with van der Waals surface area (Å²) in [5.74, 6) is 0.709. The molecule has 0 unspecified atom stereocenters. The van der Waals surface area contributed by atoms with E-state index in [1.165, 1.54) is 75.1 Å². The summed E-state index contributed by atoms with van der Waals surface area (Å²) in [4.78, 5) is 10.2. The maximum atomic E-state index is 5.11. The third-order valence-corrected chi connectivity index (χ3v) is 12.3. The van der Waals surface area contributed by atoms with Gasteiger partial charge >= 0.3 is 0 Å². The van der Waals surface area contributed by atoms with Crippen LogP contribution in [0.15, 0.2) is 206 Å². The Morgan fingerprint density at radius 3 is 1.46 bits per heavy atom. The van der Waals surface area contributed by atoms with E-state index in [1.807, 2.05) is 29.5 Å². The molecule has 0 radical (unpaired) electrons. The Balaban J connectivity index is 0.910. The second-order valence-electron chi connectivity index (χ2n) is 14.6. The maximum Gasteiger partial charge on any atom is 0.160 e. The third kappa shape index (κ3) is 6.06. The summed E-state index contributed by atoms with van der Waals surface area (Å²) in [7, 11) is 0. The van der Waals surface area contributed by atoms with Crippen LogP contribution in [0.5, 0.6) is 0 Å². The number of aromatic nitrogens is 2. The molecular formula is C54H34N2S. The van der Waals surface area contributed by atoms with Gasteiger partial charge in [0.2, 0.25) is 0 Å². The molecule has 11 rings (SSSR count). The highest BCUT2D eigenvalue weighted by Gasteiger charge is 2.14. The smallest absolute Gasteiger partial charge is 0.160 e. The lowest BCUT2D eigenvalue weighted by atomic mass is 9.92. The Morgan fingerprint density at radius 1 is 0.281 bits per heavy atom. The lowest BCUT2D eigenvalue weighted by molar-refractivity contribution is 1.18. The predicted molar refractivity (Wildman–Crippen MR) is 243 cm³/mol. The Morgan fingerprint density at radius 2 is 0.772 bits per heavy atom. The van der Waals surface area contributed by atoms with E-state index in [0.717, 1.165) is 28.1 Å². The van der Waals surface area contributed by atoms with Gasteiger partial charge in [-0.15, -0.1) is 11.3 Å². The van der Waals surface area contributed by atoms with Gasteiger partial charge in [0.25, 0.3) is 0 Å². The molecule has 0 N–H and O–H groups in total. The van der Waals surface area contributed by atoms with E-state index in [1.54, 1.807) is 0 Å². The normalized spacial score (nSPS) is 11.5. The molecule has 3 heteroatoms. The maximum absolute atomic E-state index is 5.11. The van der Waals surface area contributed by atoms with Crippen molar-refractivity contribution in [3.63, 3.8) is 0 Å². The highest BCUT2D eigenvalue weighted by atomic mass is 32.1. The fourth-order valence-electron chi connectivity index (χ4n) is 8.17. The van der Waals surface area contributed by atoms with Crippen LogP contribution >= 0.6 is 11.3 Å². The van der Waals surface area contributed by atoms with Crippen molar-refractivity contribution in [2.45, 2.75) is 0 Å². The zero-order valence-electron chi connectivity index (χ0n) is 30.9. The zero-order valence-corrected chi connectivity index (χ0v) is 31.7. The first-order valence-corrected chi connectivity index (χ1v) is 20.1. The summed E-state index contributed by atoms with van der Waals surface area (Å²) >= 11 is 1.86. The van der Waals surface area contributed by atoms with Crippen molar-refractivity contribution in [3.8, 4) is 67.3 Å². The van der Waals surface area contributed by atoms with E-state index < -0.39 is 0 Å². The average Bonchev–Trinajstić information content (AvgIpc) is 3.67. The monoisotopic (exact) mass is 742 g/mol. The van der Waals surface area contributed by atoms with Crippen molar-refractivity contribution >= 4 is 53.1 Å². The minimum Gasteiger partial charge on any atom is -0.228 e. The quantitative estimate of drug-likeness (QED) is 0.159. The van der Waals surface area contributed by atoms with Crippen LogP contribution in [0.2, 0.25) is 0 Å². The Bertz CT molecular complexity index is 3250. The average molecular weight is 743 g/mol. The first-order valence-electron chi connectivity index (χ1n) is 19.3. The van der Waals surface area contributed by atoms with Crippen LogP contribution in [0.4, 0.5) is 0 Å². The third-order valence-electron chi connectivity index (χ3n) is 11.1. The van der Waals surface area contributed by atoms with Gasteiger partial charge in [-0.2, -0.15) is 0 Å². The summed E-state index contributed by atoms with van der Waals surface area (Å²) < 4.78 is 2.65. The van der Waals surface area contributed by atoms with Crippen LogP contribution in [0.25, 0.3) is 109 Å². The van der Waals surface area contributed by atoms with Crippen LogP contribution in [0, 0.1) is 0 Å². The molecule has 0 saturated carbocycles. The van der Waals surface area contributed by atoms with Crippen molar-refractivity contribution in [2.24, 2.45) is 0 Å². The highest BCUT2D eigenvalue weighted by molar-refractivity contribution is 7.25. The second kappa shape index (κ2) is 13.8. The van der Waals surface area contributed by atoms with Gasteiger partial charge in [0.05, 0.1) is 11.4 Å². The molecule has 0 fully saturated rings. The lowest BCUT2D eigenvalue weighted by Crippen LogP contribution is -1.96. The molecule has 2 nitrogen and oxygen atoms in total. The van der Waals surface area contributed by atoms with Gasteiger partial charge in [-0.25, -0.2) is 9.97 Å². The van der Waals surface area contributed by atoms with Crippen molar-refractivity contribution in [3.05, 3.63) is 206 Å². The molecule has 0 aliphatic heterocycles. The van der Waals surface area contributed by atoms with E-state index in [0.29, 0.717) is 5.82 Å². The number of benzene rings is 9. The molecule has 266 valence electrons. The molecule has 9 aromatic carbocycles. The number of thiophene rings is 1. The molecule has 0 aliphatic rings. The molecule has 0 spiro atoms. The fourth-order valence-corrected chi connectivity index (χ4v) is 9.31. The summed E-state index contributed by atoms with van der Waals surface area (Å²) in [6, 6.07) is 74.0. The molecule has 0 aliphatic carbocycles. The summed E-state index contributed by atoms with van der Waals surface area (Å²) in [6.07, 6.45) is 0. The van der Waals surface area contributed by atoms with E-state index >= 15 is 0 Å². The molecule has 2 heterocycles. The van der Waals surface area contributed by atoms with Crippen LogP contribution in [0.3, 0.4) is 0 Å². The minimum absolute atomic E-state index is 0.709. The SMILES string of the molecule is c1ccc(-c2nc(-c3ccc(-c4ccc(-c5ccc6c(c5)sc5ccccc56)cc4)cc3)cc(-c3ccc(-c4cc5ccccc5c5ccccc45)cc3)n2)cc1. The standard InChI is InChI=1S/C54H34N2S/c1-2-10-41(11-3-1)54-55-50(34-51(56-54)40-28-24-38(25-29-40)49-32-43-12-4-5-13-44(43)45-14-6-7-15-46(45)49)39-26-22-36(23-27-39)35-18-20-37(21-19-35)42-30-31-48-47-16-8-9-17-52(47)57-53(48)33-42/h1-34H. The van der Waals surface area contributed by atoms with Gasteiger partial charge in [0, 0.05) is 36.9 Å². The van der Waals surface area contributed by atoms with Gasteiger partial charge in [-0.1, -0.05) is 182 Å². The number of nitrogens with zero attached hydrogens (tertiary/aromatic N) is 2. The number of fused-ring (bicyclic) bond motifs is 6. The molecule has 0 atom stereocenters. The van der Waals surface area contributed by atoms with Crippen LogP contribution in [0.1, 0.15) is 0 Å². The molecule has 57 heavy (non-hydrogen) atoms. The fraction of sp³-hybridized carbons (Fsp3) is 0. The van der Waals surface area contributed by atoms with Gasteiger partial charge in [0.15, 0.2) is 5.82 Å². The molecule has 2 aromatic heterocycles. The van der Waals surface area contributed by atoms with Gasteiger partial charge in [-0.3, -0.25) is 0 Å². The lowest BCUT2D eigenvalue weighted by Gasteiger charge is -2.13. The molecular weight excluding hydrogens is 709 g/mol. The Hall–Kier alpha value is -7.20. The topological polar surface area (TPSA) is 25.8 Å². The first kappa shape index (κ1) is 33.2. The van der Waals surface area contributed by atoms with Crippen LogP contribution in [-0.2, 0) is 0 Å². The zero-order chi connectivity index (χ0) is 37.7. The van der Waals surface area contributed by atoms with Gasteiger partial charge in [-0.05, 0) is 79.2 Å². The van der Waals surface area contributed by atoms with Gasteiger partial charge in [0.1, 0.15) is 0 Å². The van der Waals surface area contributed by atoms with Crippen molar-refractivity contribution in [1.82, 2.24) is 9.97 Å². The van der Waals surface area contributed by atoms with E-state index in [-0.39, 0.29) is 0 Å². The summed E-state index contributed by atoms with van der Waals surface area (Å²) in [5, 5.41) is 7.70. The number of hydrogen-bond donors (Lipinski definition) is 0. The number of hydrogen-bond acceptors (Lipinski definition) is 3. The largest absolute Gasteiger partial charge is 0.228 e. The van der Waals surface area contributed by atoms with E-state index in [9.17, 15) is 0 Å². The minimum atomic E-state index is 0.709. The molecule has 11 aromatic rings. The van der Waals surface area contributed by atoms with E-state index in [4.69, 9.17) is 9.97 Å². The molecule has 0 bridgehead atoms. The Kier molecular flexibility index (Phi) is 8.04. The van der Waals surface area contributed by atoms with Crippen LogP contribution < -0.4 is 0 Å². The molecule has 0 saturated heterocycles. The highest BCUT2D eigenvalue weighted by Crippen LogP contribution is 2.38. The summed E-state index contributed by atoms with van der Waals surface area (Å²) in [5.41, 5.74) is 12.1. The van der Waals surface area contributed by atoms with E-state index in [2.05, 4.69) is 188 Å². The first-order chi connectivity index (χ1) is 28.2. The second-order valence-corrected chi connectivity index (χ2v) is 15.6. The van der Waals surface area contributed by atoms with Crippen molar-refractivity contribution in [1.29, 1.82) is 0 Å². The van der Waals surface area contributed by atoms with Crippen molar-refractivity contribution < 1.29 is 0 Å². The van der Waals surface area contributed by atoms with Gasteiger partial charge < -0.3 is 0 Å².